The fraction of sp³-hybridized carbons (Fsp3) is 0.179. The van der Waals surface area contributed by atoms with Gasteiger partial charge >= 0.3 is 5.97 Å². The Hall–Kier alpha value is -3.70. The van der Waals surface area contributed by atoms with Gasteiger partial charge in [0, 0.05) is 0 Å². The van der Waals surface area contributed by atoms with Gasteiger partial charge in [-0.25, -0.2) is 4.79 Å². The molecule has 0 unspecified atom stereocenters. The maximum atomic E-state index is 12.5. The molecule has 0 aliphatic heterocycles. The molecule has 0 N–H and O–H groups in total. The highest BCUT2D eigenvalue weighted by Crippen LogP contribution is 2.31. The van der Waals surface area contributed by atoms with E-state index in [2.05, 4.69) is 17.2 Å². The van der Waals surface area contributed by atoms with Crippen LogP contribution in [0.25, 0.3) is 10.8 Å². The van der Waals surface area contributed by atoms with E-state index < -0.39 is 5.97 Å². The van der Waals surface area contributed by atoms with Crippen molar-refractivity contribution < 1.29 is 14.3 Å². The van der Waals surface area contributed by atoms with Crippen LogP contribution in [0.4, 0.5) is 11.4 Å². The standard InChI is InChI=1S/C28H25ClN2O3/c1-2-3-6-17-33-25-14-10-21(11-15-25)28(32)34-27-16-13-24(19-26(27)29)31-30-23-12-9-20-7-4-5-8-22(20)18-23/h4-5,7-16,18-19H,2-3,6,17H2,1H3. The number of esters is 1. The summed E-state index contributed by atoms with van der Waals surface area (Å²) in [6.07, 6.45) is 3.29. The third-order valence-corrected chi connectivity index (χ3v) is 5.53. The summed E-state index contributed by atoms with van der Waals surface area (Å²) in [5, 5.41) is 11.1. The van der Waals surface area contributed by atoms with Crippen LogP contribution in [-0.4, -0.2) is 12.6 Å². The molecule has 0 fully saturated rings. The van der Waals surface area contributed by atoms with Gasteiger partial charge in [-0.15, -0.1) is 0 Å². The number of rotatable bonds is 9. The molecule has 0 bridgehead atoms. The molecule has 0 spiro atoms. The Kier molecular flexibility index (Phi) is 7.89. The van der Waals surface area contributed by atoms with E-state index in [4.69, 9.17) is 21.1 Å². The van der Waals surface area contributed by atoms with E-state index >= 15 is 0 Å². The highest BCUT2D eigenvalue weighted by Gasteiger charge is 2.12. The summed E-state index contributed by atoms with van der Waals surface area (Å²) < 4.78 is 11.1. The molecule has 4 aromatic rings. The monoisotopic (exact) mass is 472 g/mol. The van der Waals surface area contributed by atoms with Crippen molar-refractivity contribution in [3.8, 4) is 11.5 Å². The zero-order chi connectivity index (χ0) is 23.8. The van der Waals surface area contributed by atoms with Crippen LogP contribution in [0.3, 0.4) is 0 Å². The van der Waals surface area contributed by atoms with Gasteiger partial charge in [0.15, 0.2) is 0 Å². The zero-order valence-electron chi connectivity index (χ0n) is 18.9. The van der Waals surface area contributed by atoms with Gasteiger partial charge in [0.1, 0.15) is 11.5 Å². The number of azo groups is 1. The first kappa shape index (κ1) is 23.5. The lowest BCUT2D eigenvalue weighted by Gasteiger charge is -2.08. The zero-order valence-corrected chi connectivity index (χ0v) is 19.7. The van der Waals surface area contributed by atoms with Crippen molar-refractivity contribution in [3.63, 3.8) is 0 Å². The summed E-state index contributed by atoms with van der Waals surface area (Å²) >= 11 is 6.33. The molecule has 6 heteroatoms. The number of halogens is 1. The van der Waals surface area contributed by atoms with Crippen molar-refractivity contribution in [2.75, 3.05) is 6.61 Å². The lowest BCUT2D eigenvalue weighted by Crippen LogP contribution is -2.08. The number of carbonyl (C=O) groups is 1. The lowest BCUT2D eigenvalue weighted by atomic mass is 10.1. The fourth-order valence-electron chi connectivity index (χ4n) is 3.38. The van der Waals surface area contributed by atoms with Crippen LogP contribution in [0, 0.1) is 0 Å². The van der Waals surface area contributed by atoms with E-state index in [0.717, 1.165) is 41.5 Å². The molecule has 34 heavy (non-hydrogen) atoms. The summed E-state index contributed by atoms with van der Waals surface area (Å²) in [5.41, 5.74) is 1.71. The number of hydrogen-bond acceptors (Lipinski definition) is 5. The Morgan fingerprint density at radius 2 is 1.53 bits per heavy atom. The molecule has 0 aliphatic rings. The van der Waals surface area contributed by atoms with Gasteiger partial charge in [0.05, 0.1) is 28.6 Å². The minimum Gasteiger partial charge on any atom is -0.494 e. The number of fused-ring (bicyclic) bond motifs is 1. The molecule has 0 heterocycles. The Morgan fingerprint density at radius 1 is 0.824 bits per heavy atom. The van der Waals surface area contributed by atoms with Crippen molar-refractivity contribution >= 4 is 39.7 Å². The normalized spacial score (nSPS) is 11.1. The van der Waals surface area contributed by atoms with E-state index in [-0.39, 0.29) is 10.8 Å². The molecule has 4 rings (SSSR count). The third-order valence-electron chi connectivity index (χ3n) is 5.24. The average molecular weight is 473 g/mol. The number of hydrogen-bond donors (Lipinski definition) is 0. The number of ether oxygens (including phenoxy) is 2. The summed E-state index contributed by atoms with van der Waals surface area (Å²) in [7, 11) is 0. The molecule has 0 amide bonds. The first-order valence-electron chi connectivity index (χ1n) is 11.3. The van der Waals surface area contributed by atoms with Crippen LogP contribution in [0.1, 0.15) is 36.5 Å². The maximum Gasteiger partial charge on any atom is 0.343 e. The SMILES string of the molecule is CCCCCOc1ccc(C(=O)Oc2ccc(N=Nc3ccc4ccccc4c3)cc2Cl)cc1. The molecule has 0 radical (unpaired) electrons. The molecule has 5 nitrogen and oxygen atoms in total. The predicted octanol–water partition coefficient (Wildman–Crippen LogP) is 8.70. The Balaban J connectivity index is 1.37. The van der Waals surface area contributed by atoms with E-state index in [1.54, 1.807) is 42.5 Å². The van der Waals surface area contributed by atoms with Gasteiger partial charge in [-0.1, -0.05) is 61.7 Å². The van der Waals surface area contributed by atoms with Crippen LogP contribution < -0.4 is 9.47 Å². The van der Waals surface area contributed by atoms with Gasteiger partial charge in [-0.2, -0.15) is 10.2 Å². The average Bonchev–Trinajstić information content (AvgIpc) is 2.87. The fourth-order valence-corrected chi connectivity index (χ4v) is 3.59. The Morgan fingerprint density at radius 3 is 2.26 bits per heavy atom. The molecule has 172 valence electrons. The summed E-state index contributed by atoms with van der Waals surface area (Å²) in [6, 6.07) is 25.8. The number of unbranched alkanes of at least 4 members (excludes halogenated alkanes) is 2. The molecular formula is C28H25ClN2O3. The highest BCUT2D eigenvalue weighted by atomic mass is 35.5. The van der Waals surface area contributed by atoms with Crippen LogP contribution in [0.2, 0.25) is 5.02 Å². The van der Waals surface area contributed by atoms with E-state index in [1.807, 2.05) is 42.5 Å². The van der Waals surface area contributed by atoms with E-state index in [9.17, 15) is 4.79 Å². The summed E-state index contributed by atoms with van der Waals surface area (Å²) in [4.78, 5) is 12.5. The Bertz CT molecular complexity index is 1300. The molecule has 0 saturated carbocycles. The quantitative estimate of drug-likeness (QED) is 0.106. The second-order valence-electron chi connectivity index (χ2n) is 7.82. The van der Waals surface area contributed by atoms with E-state index in [1.165, 1.54) is 0 Å². The minimum atomic E-state index is -0.495. The van der Waals surface area contributed by atoms with Crippen LogP contribution >= 0.6 is 11.6 Å². The molecule has 0 saturated heterocycles. The smallest absolute Gasteiger partial charge is 0.343 e. The van der Waals surface area contributed by atoms with Gasteiger partial charge in [-0.05, 0) is 71.8 Å². The maximum absolute atomic E-state index is 12.5. The second kappa shape index (κ2) is 11.4. The van der Waals surface area contributed by atoms with Gasteiger partial charge in [0.25, 0.3) is 0 Å². The third kappa shape index (κ3) is 6.21. The molecular weight excluding hydrogens is 448 g/mol. The second-order valence-corrected chi connectivity index (χ2v) is 8.22. The van der Waals surface area contributed by atoms with Gasteiger partial charge in [0.2, 0.25) is 0 Å². The largest absolute Gasteiger partial charge is 0.494 e. The molecule has 0 aromatic heterocycles. The lowest BCUT2D eigenvalue weighted by molar-refractivity contribution is 0.0735. The number of carbonyl (C=O) groups excluding carboxylic acids is 1. The summed E-state index contributed by atoms with van der Waals surface area (Å²) in [6.45, 7) is 2.81. The van der Waals surface area contributed by atoms with Gasteiger partial charge < -0.3 is 9.47 Å². The van der Waals surface area contributed by atoms with Crippen molar-refractivity contribution in [2.24, 2.45) is 10.2 Å². The van der Waals surface area contributed by atoms with Crippen molar-refractivity contribution in [3.05, 3.63) is 95.5 Å². The van der Waals surface area contributed by atoms with Crippen molar-refractivity contribution in [1.82, 2.24) is 0 Å². The Labute approximate surface area is 204 Å². The van der Waals surface area contributed by atoms with Crippen LogP contribution in [0.15, 0.2) is 95.2 Å². The molecule has 0 aliphatic carbocycles. The summed E-state index contributed by atoms with van der Waals surface area (Å²) in [5.74, 6) is 0.494. The van der Waals surface area contributed by atoms with E-state index in [0.29, 0.717) is 17.9 Å². The van der Waals surface area contributed by atoms with Gasteiger partial charge in [-0.3, -0.25) is 0 Å². The van der Waals surface area contributed by atoms with Crippen LogP contribution in [-0.2, 0) is 0 Å². The number of nitrogens with zero attached hydrogens (tertiary/aromatic N) is 2. The number of benzene rings is 4. The highest BCUT2D eigenvalue weighted by molar-refractivity contribution is 6.32. The molecule has 4 aromatic carbocycles. The predicted molar refractivity (Wildman–Crippen MR) is 136 cm³/mol. The first-order chi connectivity index (χ1) is 16.6. The first-order valence-corrected chi connectivity index (χ1v) is 11.7. The van der Waals surface area contributed by atoms with Crippen molar-refractivity contribution in [1.29, 1.82) is 0 Å². The molecule has 0 atom stereocenters. The minimum absolute atomic E-state index is 0.260. The topological polar surface area (TPSA) is 60.2 Å². The van der Waals surface area contributed by atoms with Crippen molar-refractivity contribution in [2.45, 2.75) is 26.2 Å². The van der Waals surface area contributed by atoms with Crippen LogP contribution in [0.5, 0.6) is 11.5 Å².